The molecule has 0 aliphatic carbocycles. The van der Waals surface area contributed by atoms with Crippen molar-refractivity contribution in [1.82, 2.24) is 24.8 Å². The van der Waals surface area contributed by atoms with Crippen molar-refractivity contribution >= 4 is 0 Å². The lowest BCUT2D eigenvalue weighted by atomic mass is 9.85. The second-order valence-corrected chi connectivity index (χ2v) is 7.41. The molecule has 146 valence electrons. The molecule has 0 saturated carbocycles. The van der Waals surface area contributed by atoms with E-state index in [0.717, 1.165) is 44.1 Å². The second-order valence-electron chi connectivity index (χ2n) is 7.41. The summed E-state index contributed by atoms with van der Waals surface area (Å²) in [4.78, 5) is 6.47. The first kappa shape index (κ1) is 17.8. The van der Waals surface area contributed by atoms with Gasteiger partial charge in [-0.25, -0.2) is 4.98 Å². The molecule has 6 nitrogen and oxygen atoms in total. The molecule has 4 aromatic rings. The number of fused-ring (bicyclic) bond motifs is 1. The standard InChI is InChI=1S/C23H23N5O/c1-3-7-18(8-4-1)22(19-9-5-2-6-10-19)23-20-15-27(12-11-21(20)29-26-23)13-14-28-17-24-16-25-28/h1-10,16-17,22H,11-15H2. The molecule has 0 saturated heterocycles. The number of rotatable bonds is 6. The maximum atomic E-state index is 5.81. The number of aromatic nitrogens is 4. The fourth-order valence-corrected chi connectivity index (χ4v) is 4.09. The van der Waals surface area contributed by atoms with E-state index in [4.69, 9.17) is 4.52 Å². The molecule has 0 bridgehead atoms. The molecule has 0 atom stereocenters. The molecule has 0 fully saturated rings. The smallest absolute Gasteiger partial charge is 0.142 e. The van der Waals surface area contributed by atoms with E-state index in [1.165, 1.54) is 16.7 Å². The number of hydrogen-bond acceptors (Lipinski definition) is 5. The molecule has 2 aromatic heterocycles. The van der Waals surface area contributed by atoms with Gasteiger partial charge in [-0.2, -0.15) is 5.10 Å². The summed E-state index contributed by atoms with van der Waals surface area (Å²) >= 11 is 0. The Morgan fingerprint density at radius 2 is 1.66 bits per heavy atom. The first-order valence-corrected chi connectivity index (χ1v) is 10.0. The molecule has 29 heavy (non-hydrogen) atoms. The third-order valence-corrected chi connectivity index (χ3v) is 5.59. The first-order valence-electron chi connectivity index (χ1n) is 10.0. The molecular formula is C23H23N5O. The minimum absolute atomic E-state index is 0.0696. The highest BCUT2D eigenvalue weighted by molar-refractivity contribution is 5.44. The van der Waals surface area contributed by atoms with Crippen molar-refractivity contribution in [2.45, 2.75) is 25.4 Å². The Hall–Kier alpha value is -3.25. The summed E-state index contributed by atoms with van der Waals surface area (Å²) in [5.41, 5.74) is 4.72. The molecule has 0 amide bonds. The van der Waals surface area contributed by atoms with Crippen LogP contribution in [-0.2, 0) is 19.5 Å². The Morgan fingerprint density at radius 3 is 2.31 bits per heavy atom. The SMILES string of the molecule is c1ccc(C(c2ccccc2)c2noc3c2CN(CCn2cncn2)CC3)cc1. The molecule has 2 aromatic carbocycles. The van der Waals surface area contributed by atoms with Crippen molar-refractivity contribution in [3.05, 3.63) is 101 Å². The lowest BCUT2D eigenvalue weighted by molar-refractivity contribution is 0.225. The minimum atomic E-state index is 0.0696. The number of nitrogens with zero attached hydrogens (tertiary/aromatic N) is 5. The molecule has 0 radical (unpaired) electrons. The van der Waals surface area contributed by atoms with Gasteiger partial charge in [-0.3, -0.25) is 9.58 Å². The van der Waals surface area contributed by atoms with Crippen molar-refractivity contribution < 1.29 is 4.52 Å². The third kappa shape index (κ3) is 3.71. The summed E-state index contributed by atoms with van der Waals surface area (Å²) in [5.74, 6) is 1.09. The maximum Gasteiger partial charge on any atom is 0.142 e. The van der Waals surface area contributed by atoms with Crippen LogP contribution in [-0.4, -0.2) is 37.9 Å². The quantitative estimate of drug-likeness (QED) is 0.508. The van der Waals surface area contributed by atoms with Gasteiger partial charge in [0.05, 0.1) is 12.5 Å². The fourth-order valence-electron chi connectivity index (χ4n) is 4.09. The molecule has 3 heterocycles. The monoisotopic (exact) mass is 385 g/mol. The van der Waals surface area contributed by atoms with E-state index in [0.29, 0.717) is 0 Å². The van der Waals surface area contributed by atoms with E-state index in [2.05, 4.69) is 80.8 Å². The van der Waals surface area contributed by atoms with Crippen molar-refractivity contribution in [2.75, 3.05) is 13.1 Å². The Balaban J connectivity index is 1.45. The summed E-state index contributed by atoms with van der Waals surface area (Å²) in [7, 11) is 0. The second kappa shape index (κ2) is 8.01. The van der Waals surface area contributed by atoms with E-state index in [-0.39, 0.29) is 5.92 Å². The Labute approximate surface area is 169 Å². The van der Waals surface area contributed by atoms with Gasteiger partial charge >= 0.3 is 0 Å². The Kier molecular flexibility index (Phi) is 4.92. The molecule has 1 aliphatic rings. The van der Waals surface area contributed by atoms with Crippen molar-refractivity contribution in [3.63, 3.8) is 0 Å². The van der Waals surface area contributed by atoms with Crippen molar-refractivity contribution in [1.29, 1.82) is 0 Å². The van der Waals surface area contributed by atoms with Gasteiger partial charge in [-0.1, -0.05) is 65.8 Å². The van der Waals surface area contributed by atoms with Crippen LogP contribution in [0.3, 0.4) is 0 Å². The van der Waals surface area contributed by atoms with Crippen LogP contribution in [0, 0.1) is 0 Å². The van der Waals surface area contributed by atoms with Gasteiger partial charge in [0.15, 0.2) is 0 Å². The van der Waals surface area contributed by atoms with E-state index < -0.39 is 0 Å². The first-order chi connectivity index (χ1) is 14.4. The summed E-state index contributed by atoms with van der Waals surface area (Å²) in [6.45, 7) is 3.57. The molecule has 0 spiro atoms. The van der Waals surface area contributed by atoms with Gasteiger partial charge in [0.2, 0.25) is 0 Å². The molecule has 5 rings (SSSR count). The Morgan fingerprint density at radius 1 is 0.931 bits per heavy atom. The summed E-state index contributed by atoms with van der Waals surface area (Å²) < 4.78 is 7.68. The summed E-state index contributed by atoms with van der Waals surface area (Å²) in [6.07, 6.45) is 4.23. The Bertz CT molecular complexity index is 1000. The van der Waals surface area contributed by atoms with Crippen LogP contribution in [0.2, 0.25) is 0 Å². The molecule has 0 N–H and O–H groups in total. The lowest BCUT2D eigenvalue weighted by Crippen LogP contribution is -2.33. The molecule has 6 heteroatoms. The summed E-state index contributed by atoms with van der Waals surface area (Å²) in [6, 6.07) is 21.1. The van der Waals surface area contributed by atoms with E-state index in [1.807, 2.05) is 4.68 Å². The average molecular weight is 385 g/mol. The van der Waals surface area contributed by atoms with Crippen LogP contribution in [0.25, 0.3) is 0 Å². The van der Waals surface area contributed by atoms with Crippen LogP contribution in [0.1, 0.15) is 34.1 Å². The highest BCUT2D eigenvalue weighted by Crippen LogP contribution is 2.36. The van der Waals surface area contributed by atoms with Crippen LogP contribution < -0.4 is 0 Å². The zero-order valence-corrected chi connectivity index (χ0v) is 16.2. The fraction of sp³-hybridized carbons (Fsp3) is 0.261. The van der Waals surface area contributed by atoms with Gasteiger partial charge in [0, 0.05) is 31.6 Å². The van der Waals surface area contributed by atoms with Gasteiger partial charge < -0.3 is 4.52 Å². The largest absolute Gasteiger partial charge is 0.361 e. The van der Waals surface area contributed by atoms with E-state index in [9.17, 15) is 0 Å². The van der Waals surface area contributed by atoms with Crippen LogP contribution in [0.5, 0.6) is 0 Å². The zero-order valence-electron chi connectivity index (χ0n) is 16.2. The molecule has 0 unspecified atom stereocenters. The predicted octanol–water partition coefficient (Wildman–Crippen LogP) is 3.50. The zero-order chi connectivity index (χ0) is 19.5. The summed E-state index contributed by atoms with van der Waals surface area (Å²) in [5, 5.41) is 8.77. The lowest BCUT2D eigenvalue weighted by Gasteiger charge is -2.27. The van der Waals surface area contributed by atoms with Gasteiger partial charge in [-0.05, 0) is 11.1 Å². The van der Waals surface area contributed by atoms with Crippen molar-refractivity contribution in [2.24, 2.45) is 0 Å². The number of hydrogen-bond donors (Lipinski definition) is 0. The highest BCUT2D eigenvalue weighted by Gasteiger charge is 2.30. The van der Waals surface area contributed by atoms with Gasteiger partial charge in [0.1, 0.15) is 24.1 Å². The topological polar surface area (TPSA) is 60.0 Å². The van der Waals surface area contributed by atoms with Crippen molar-refractivity contribution in [3.8, 4) is 0 Å². The predicted molar refractivity (Wildman–Crippen MR) is 109 cm³/mol. The number of benzene rings is 2. The van der Waals surface area contributed by atoms with E-state index >= 15 is 0 Å². The normalized spacial score (nSPS) is 14.2. The van der Waals surface area contributed by atoms with Crippen LogP contribution >= 0.6 is 0 Å². The van der Waals surface area contributed by atoms with Crippen LogP contribution in [0.4, 0.5) is 0 Å². The highest BCUT2D eigenvalue weighted by atomic mass is 16.5. The third-order valence-electron chi connectivity index (χ3n) is 5.59. The van der Waals surface area contributed by atoms with E-state index in [1.54, 1.807) is 12.7 Å². The van der Waals surface area contributed by atoms with Gasteiger partial charge in [0.25, 0.3) is 0 Å². The minimum Gasteiger partial charge on any atom is -0.361 e. The molecular weight excluding hydrogens is 362 g/mol. The molecule has 1 aliphatic heterocycles. The maximum absolute atomic E-state index is 5.81. The van der Waals surface area contributed by atoms with Gasteiger partial charge in [-0.15, -0.1) is 0 Å². The average Bonchev–Trinajstić information content (AvgIpc) is 3.44. The van der Waals surface area contributed by atoms with Crippen LogP contribution in [0.15, 0.2) is 77.8 Å².